The number of urea groups is 1. The van der Waals surface area contributed by atoms with Crippen molar-refractivity contribution in [2.45, 2.75) is 0 Å². The summed E-state index contributed by atoms with van der Waals surface area (Å²) in [7, 11) is 1.45. The van der Waals surface area contributed by atoms with Crippen LogP contribution in [0.2, 0.25) is 0 Å². The molecule has 0 fully saturated rings. The number of primary amides is 1. The first-order valence-electron chi connectivity index (χ1n) is 4.13. The fraction of sp³-hybridized carbons (Fsp3) is 0.111. The Morgan fingerprint density at radius 3 is 2.60 bits per heavy atom. The van der Waals surface area contributed by atoms with Gasteiger partial charge in [0.1, 0.15) is 11.6 Å². The van der Waals surface area contributed by atoms with Crippen LogP contribution in [-0.2, 0) is 0 Å². The first-order valence-corrected chi connectivity index (χ1v) is 4.13. The normalized spacial score (nSPS) is 9.40. The van der Waals surface area contributed by atoms with Crippen LogP contribution in [-0.4, -0.2) is 19.0 Å². The SMILES string of the molecule is COc1cc(C(=N)N)ccc1NC(N)=O. The van der Waals surface area contributed by atoms with Gasteiger partial charge in [-0.25, -0.2) is 4.79 Å². The molecule has 6 nitrogen and oxygen atoms in total. The number of anilines is 1. The lowest BCUT2D eigenvalue weighted by Crippen LogP contribution is -2.20. The standard InChI is InChI=1S/C9H12N4O2/c1-15-7-4-5(8(10)11)2-3-6(7)13-9(12)14/h2-4H,1H3,(H3,10,11)(H3,12,13,14). The summed E-state index contributed by atoms with van der Waals surface area (Å²) >= 11 is 0. The van der Waals surface area contributed by atoms with Gasteiger partial charge in [-0.2, -0.15) is 0 Å². The highest BCUT2D eigenvalue weighted by Crippen LogP contribution is 2.25. The van der Waals surface area contributed by atoms with Crippen molar-refractivity contribution in [1.29, 1.82) is 5.41 Å². The van der Waals surface area contributed by atoms with E-state index in [1.807, 2.05) is 0 Å². The zero-order valence-corrected chi connectivity index (χ0v) is 8.20. The Morgan fingerprint density at radius 2 is 2.13 bits per heavy atom. The van der Waals surface area contributed by atoms with Crippen LogP contribution in [0.1, 0.15) is 5.56 Å². The third-order valence-electron chi connectivity index (χ3n) is 1.77. The number of amides is 2. The van der Waals surface area contributed by atoms with Gasteiger partial charge in [0, 0.05) is 5.56 Å². The van der Waals surface area contributed by atoms with E-state index in [1.54, 1.807) is 18.2 Å². The summed E-state index contributed by atoms with van der Waals surface area (Å²) in [6, 6.07) is 4.04. The Kier molecular flexibility index (Phi) is 3.12. The lowest BCUT2D eigenvalue weighted by molar-refractivity contribution is 0.259. The number of methoxy groups -OCH3 is 1. The molecule has 0 saturated heterocycles. The molecule has 0 aromatic heterocycles. The molecule has 1 rings (SSSR count). The first-order chi connectivity index (χ1) is 7.04. The number of benzene rings is 1. The number of ether oxygens (including phenoxy) is 1. The second kappa shape index (κ2) is 4.32. The molecule has 0 unspecified atom stereocenters. The van der Waals surface area contributed by atoms with E-state index in [1.165, 1.54) is 7.11 Å². The average Bonchev–Trinajstić information content (AvgIpc) is 2.17. The van der Waals surface area contributed by atoms with Crippen LogP contribution in [0.4, 0.5) is 10.5 Å². The van der Waals surface area contributed by atoms with Crippen LogP contribution in [0.15, 0.2) is 18.2 Å². The van der Waals surface area contributed by atoms with E-state index in [-0.39, 0.29) is 5.84 Å². The number of carbonyl (C=O) groups is 1. The number of rotatable bonds is 3. The van der Waals surface area contributed by atoms with Crippen LogP contribution in [0.5, 0.6) is 5.75 Å². The minimum Gasteiger partial charge on any atom is -0.495 e. The monoisotopic (exact) mass is 208 g/mol. The summed E-state index contributed by atoms with van der Waals surface area (Å²) < 4.78 is 5.01. The molecule has 1 aromatic carbocycles. The minimum atomic E-state index is -0.677. The smallest absolute Gasteiger partial charge is 0.316 e. The van der Waals surface area contributed by atoms with Crippen LogP contribution in [0.3, 0.4) is 0 Å². The van der Waals surface area contributed by atoms with E-state index in [4.69, 9.17) is 21.6 Å². The highest BCUT2D eigenvalue weighted by atomic mass is 16.5. The van der Waals surface area contributed by atoms with Gasteiger partial charge in [0.15, 0.2) is 0 Å². The Morgan fingerprint density at radius 1 is 1.47 bits per heavy atom. The number of nitrogen functional groups attached to an aromatic ring is 1. The van der Waals surface area contributed by atoms with E-state index in [2.05, 4.69) is 5.32 Å². The second-order valence-corrected chi connectivity index (χ2v) is 2.82. The van der Waals surface area contributed by atoms with E-state index in [0.717, 1.165) is 0 Å². The van der Waals surface area contributed by atoms with Crippen molar-refractivity contribution in [2.24, 2.45) is 11.5 Å². The molecule has 6 heteroatoms. The van der Waals surface area contributed by atoms with Gasteiger partial charge in [0.2, 0.25) is 0 Å². The molecule has 80 valence electrons. The fourth-order valence-corrected chi connectivity index (χ4v) is 1.09. The second-order valence-electron chi connectivity index (χ2n) is 2.82. The number of nitrogens with one attached hydrogen (secondary N) is 2. The molecule has 0 atom stereocenters. The maximum Gasteiger partial charge on any atom is 0.316 e. The third kappa shape index (κ3) is 2.60. The number of amidine groups is 1. The summed E-state index contributed by atoms with van der Waals surface area (Å²) in [6.45, 7) is 0. The molecular formula is C9H12N4O2. The molecule has 0 aliphatic heterocycles. The third-order valence-corrected chi connectivity index (χ3v) is 1.77. The largest absolute Gasteiger partial charge is 0.495 e. The van der Waals surface area contributed by atoms with E-state index in [9.17, 15) is 4.79 Å². The highest BCUT2D eigenvalue weighted by molar-refractivity contribution is 5.97. The average molecular weight is 208 g/mol. The van der Waals surface area contributed by atoms with Gasteiger partial charge in [-0.15, -0.1) is 0 Å². The molecule has 0 spiro atoms. The maximum atomic E-state index is 10.6. The van der Waals surface area contributed by atoms with Crippen molar-refractivity contribution in [1.82, 2.24) is 0 Å². The molecule has 0 radical (unpaired) electrons. The molecule has 6 N–H and O–H groups in total. The molecule has 2 amide bonds. The van der Waals surface area contributed by atoms with Gasteiger partial charge in [0.05, 0.1) is 12.8 Å². The predicted molar refractivity (Wildman–Crippen MR) is 57.2 cm³/mol. The van der Waals surface area contributed by atoms with E-state index >= 15 is 0 Å². The van der Waals surface area contributed by atoms with Crippen LogP contribution in [0, 0.1) is 5.41 Å². The van der Waals surface area contributed by atoms with E-state index in [0.29, 0.717) is 17.0 Å². The van der Waals surface area contributed by atoms with Crippen molar-refractivity contribution in [2.75, 3.05) is 12.4 Å². The van der Waals surface area contributed by atoms with Gasteiger partial charge in [-0.3, -0.25) is 5.41 Å². The summed E-state index contributed by atoms with van der Waals surface area (Å²) in [5.41, 5.74) is 11.2. The molecular weight excluding hydrogens is 196 g/mol. The Hall–Kier alpha value is -2.24. The zero-order valence-electron chi connectivity index (χ0n) is 8.20. The molecule has 0 bridgehead atoms. The number of carbonyl (C=O) groups excluding carboxylic acids is 1. The van der Waals surface area contributed by atoms with Gasteiger partial charge in [0.25, 0.3) is 0 Å². The zero-order chi connectivity index (χ0) is 11.4. The van der Waals surface area contributed by atoms with Crippen molar-refractivity contribution in [3.63, 3.8) is 0 Å². The Bertz CT molecular complexity index is 403. The highest BCUT2D eigenvalue weighted by Gasteiger charge is 2.07. The van der Waals surface area contributed by atoms with Crippen molar-refractivity contribution in [3.8, 4) is 5.75 Å². The molecule has 0 heterocycles. The minimum absolute atomic E-state index is 0.0704. The summed E-state index contributed by atoms with van der Waals surface area (Å²) in [6.07, 6.45) is 0. The molecule has 1 aromatic rings. The summed E-state index contributed by atoms with van der Waals surface area (Å²) in [4.78, 5) is 10.6. The Balaban J connectivity index is 3.08. The van der Waals surface area contributed by atoms with Crippen LogP contribution in [0.25, 0.3) is 0 Å². The number of hydrogen-bond donors (Lipinski definition) is 4. The lowest BCUT2D eigenvalue weighted by atomic mass is 10.1. The van der Waals surface area contributed by atoms with Gasteiger partial charge >= 0.3 is 6.03 Å². The molecule has 15 heavy (non-hydrogen) atoms. The molecule has 0 aliphatic rings. The predicted octanol–water partition coefficient (Wildman–Crippen LogP) is 0.470. The lowest BCUT2D eigenvalue weighted by Gasteiger charge is -2.09. The number of hydrogen-bond acceptors (Lipinski definition) is 3. The maximum absolute atomic E-state index is 10.6. The van der Waals surface area contributed by atoms with Crippen molar-refractivity contribution < 1.29 is 9.53 Å². The summed E-state index contributed by atoms with van der Waals surface area (Å²) in [5.74, 6) is 0.334. The van der Waals surface area contributed by atoms with Crippen molar-refractivity contribution >= 4 is 17.6 Å². The molecule has 0 aliphatic carbocycles. The Labute approximate surface area is 86.7 Å². The molecule has 0 saturated carbocycles. The van der Waals surface area contributed by atoms with Gasteiger partial charge in [-0.1, -0.05) is 0 Å². The van der Waals surface area contributed by atoms with Crippen LogP contribution >= 0.6 is 0 Å². The topological polar surface area (TPSA) is 114 Å². The quantitative estimate of drug-likeness (QED) is 0.427. The van der Waals surface area contributed by atoms with E-state index < -0.39 is 6.03 Å². The van der Waals surface area contributed by atoms with Crippen LogP contribution < -0.4 is 21.5 Å². The number of nitrogens with two attached hydrogens (primary N) is 2. The fourth-order valence-electron chi connectivity index (χ4n) is 1.09. The van der Waals surface area contributed by atoms with Crippen molar-refractivity contribution in [3.05, 3.63) is 23.8 Å². The summed E-state index contributed by atoms with van der Waals surface area (Å²) in [5, 5.41) is 9.62. The van der Waals surface area contributed by atoms with Gasteiger partial charge < -0.3 is 21.5 Å². The first kappa shape index (κ1) is 10.8. The van der Waals surface area contributed by atoms with Gasteiger partial charge in [-0.05, 0) is 18.2 Å².